The maximum atomic E-state index is 11.6. The van der Waals surface area contributed by atoms with E-state index in [0.29, 0.717) is 6.61 Å². The molecule has 0 fully saturated rings. The van der Waals surface area contributed by atoms with Crippen LogP contribution in [0.3, 0.4) is 0 Å². The SMILES string of the molecule is COCCC(C)(C)OCN(C)C(=O)NC(C)C. The van der Waals surface area contributed by atoms with Gasteiger partial charge < -0.3 is 19.7 Å². The molecule has 2 amide bonds. The van der Waals surface area contributed by atoms with Gasteiger partial charge in [0.05, 0.1) is 5.60 Å². The van der Waals surface area contributed by atoms with Crippen molar-refractivity contribution in [2.24, 2.45) is 0 Å². The van der Waals surface area contributed by atoms with Crippen LogP contribution >= 0.6 is 0 Å². The number of hydrogen-bond donors (Lipinski definition) is 1. The van der Waals surface area contributed by atoms with Gasteiger partial charge in [-0.15, -0.1) is 0 Å². The van der Waals surface area contributed by atoms with Crippen molar-refractivity contribution in [3.63, 3.8) is 0 Å². The fourth-order valence-corrected chi connectivity index (χ4v) is 1.11. The van der Waals surface area contributed by atoms with E-state index in [-0.39, 0.29) is 24.4 Å². The number of ether oxygens (including phenoxy) is 2. The van der Waals surface area contributed by atoms with Gasteiger partial charge >= 0.3 is 6.03 Å². The van der Waals surface area contributed by atoms with E-state index >= 15 is 0 Å². The lowest BCUT2D eigenvalue weighted by Gasteiger charge is -2.28. The fourth-order valence-electron chi connectivity index (χ4n) is 1.11. The summed E-state index contributed by atoms with van der Waals surface area (Å²) in [5, 5.41) is 2.80. The highest BCUT2D eigenvalue weighted by Crippen LogP contribution is 2.14. The van der Waals surface area contributed by atoms with Gasteiger partial charge in [-0.1, -0.05) is 0 Å². The Labute approximate surface area is 104 Å². The second kappa shape index (κ2) is 7.50. The molecule has 0 aliphatic carbocycles. The van der Waals surface area contributed by atoms with Crippen LogP contribution in [0.15, 0.2) is 0 Å². The van der Waals surface area contributed by atoms with E-state index in [1.54, 1.807) is 14.2 Å². The first kappa shape index (κ1) is 16.2. The van der Waals surface area contributed by atoms with Crippen LogP contribution in [0.25, 0.3) is 0 Å². The average molecular weight is 246 g/mol. The summed E-state index contributed by atoms with van der Waals surface area (Å²) in [6.45, 7) is 8.74. The Balaban J connectivity index is 3.96. The Hall–Kier alpha value is -0.810. The van der Waals surface area contributed by atoms with Gasteiger partial charge in [-0.05, 0) is 34.1 Å². The van der Waals surface area contributed by atoms with Crippen LogP contribution in [0.5, 0.6) is 0 Å². The van der Waals surface area contributed by atoms with Crippen molar-refractivity contribution in [2.75, 3.05) is 27.5 Å². The predicted octanol–water partition coefficient (Wildman–Crippen LogP) is 1.83. The van der Waals surface area contributed by atoms with Crippen molar-refractivity contribution < 1.29 is 14.3 Å². The van der Waals surface area contributed by atoms with Crippen LogP contribution in [-0.2, 0) is 9.47 Å². The highest BCUT2D eigenvalue weighted by Gasteiger charge is 2.20. The third-order valence-electron chi connectivity index (χ3n) is 2.32. The Morgan fingerprint density at radius 1 is 1.41 bits per heavy atom. The largest absolute Gasteiger partial charge is 0.385 e. The molecule has 0 radical (unpaired) electrons. The molecule has 0 saturated carbocycles. The number of carbonyl (C=O) groups excluding carboxylic acids is 1. The molecule has 0 aromatic carbocycles. The van der Waals surface area contributed by atoms with E-state index in [1.165, 1.54) is 4.90 Å². The minimum atomic E-state index is -0.289. The summed E-state index contributed by atoms with van der Waals surface area (Å²) in [7, 11) is 3.38. The zero-order chi connectivity index (χ0) is 13.5. The summed E-state index contributed by atoms with van der Waals surface area (Å²) in [6, 6.07) is 0.00833. The zero-order valence-corrected chi connectivity index (χ0v) is 11.9. The molecular formula is C12H26N2O3. The summed E-state index contributed by atoms with van der Waals surface area (Å²) >= 11 is 0. The van der Waals surface area contributed by atoms with Gasteiger partial charge in [-0.3, -0.25) is 0 Å². The summed E-state index contributed by atoms with van der Waals surface area (Å²) in [5.74, 6) is 0. The molecule has 0 heterocycles. The standard InChI is InChI=1S/C12H26N2O3/c1-10(2)13-11(15)14(5)9-17-12(3,4)7-8-16-6/h10H,7-9H2,1-6H3,(H,13,15). The lowest BCUT2D eigenvalue weighted by atomic mass is 10.1. The number of carbonyl (C=O) groups is 1. The fraction of sp³-hybridized carbons (Fsp3) is 0.917. The maximum absolute atomic E-state index is 11.6. The minimum absolute atomic E-state index is 0.123. The minimum Gasteiger partial charge on any atom is -0.385 e. The van der Waals surface area contributed by atoms with Gasteiger partial charge in [0.15, 0.2) is 0 Å². The van der Waals surface area contributed by atoms with Crippen LogP contribution < -0.4 is 5.32 Å². The summed E-state index contributed by atoms with van der Waals surface area (Å²) in [6.07, 6.45) is 0.795. The van der Waals surface area contributed by atoms with Gasteiger partial charge in [0.25, 0.3) is 0 Å². The summed E-state index contributed by atoms with van der Waals surface area (Å²) in [5.41, 5.74) is -0.289. The first-order chi connectivity index (χ1) is 7.78. The molecule has 0 aliphatic rings. The highest BCUT2D eigenvalue weighted by molar-refractivity contribution is 5.73. The van der Waals surface area contributed by atoms with Crippen molar-refractivity contribution in [3.8, 4) is 0 Å². The smallest absolute Gasteiger partial charge is 0.319 e. The lowest BCUT2D eigenvalue weighted by molar-refractivity contribution is -0.0689. The highest BCUT2D eigenvalue weighted by atomic mass is 16.5. The zero-order valence-electron chi connectivity index (χ0n) is 11.9. The molecule has 0 aliphatic heterocycles. The van der Waals surface area contributed by atoms with Gasteiger partial charge in [0.2, 0.25) is 0 Å². The molecule has 5 nitrogen and oxygen atoms in total. The van der Waals surface area contributed by atoms with E-state index in [2.05, 4.69) is 5.32 Å². The monoisotopic (exact) mass is 246 g/mol. The van der Waals surface area contributed by atoms with Crippen molar-refractivity contribution in [1.29, 1.82) is 0 Å². The Morgan fingerprint density at radius 3 is 2.47 bits per heavy atom. The third-order valence-corrected chi connectivity index (χ3v) is 2.32. The van der Waals surface area contributed by atoms with Crippen LogP contribution in [0.2, 0.25) is 0 Å². The van der Waals surface area contributed by atoms with E-state index in [0.717, 1.165) is 6.42 Å². The molecule has 5 heteroatoms. The molecule has 0 unspecified atom stereocenters. The first-order valence-corrected chi connectivity index (χ1v) is 5.93. The van der Waals surface area contributed by atoms with Crippen LogP contribution in [0.4, 0.5) is 4.79 Å². The Kier molecular flexibility index (Phi) is 7.15. The summed E-state index contributed by atoms with van der Waals surface area (Å²) in [4.78, 5) is 13.1. The van der Waals surface area contributed by atoms with Crippen molar-refractivity contribution in [3.05, 3.63) is 0 Å². The Morgan fingerprint density at radius 2 is 2.00 bits per heavy atom. The molecule has 17 heavy (non-hydrogen) atoms. The van der Waals surface area contributed by atoms with Crippen molar-refractivity contribution in [2.45, 2.75) is 45.8 Å². The number of hydrogen-bond acceptors (Lipinski definition) is 3. The molecule has 0 bridgehead atoms. The average Bonchev–Trinajstić information content (AvgIpc) is 2.22. The molecule has 0 atom stereocenters. The number of urea groups is 1. The number of nitrogens with one attached hydrogen (secondary N) is 1. The topological polar surface area (TPSA) is 50.8 Å². The van der Waals surface area contributed by atoms with E-state index in [9.17, 15) is 4.79 Å². The normalized spacial score (nSPS) is 11.7. The first-order valence-electron chi connectivity index (χ1n) is 5.93. The molecule has 102 valence electrons. The number of rotatable bonds is 7. The second-order valence-corrected chi connectivity index (χ2v) is 5.08. The van der Waals surface area contributed by atoms with Gasteiger partial charge in [0.1, 0.15) is 6.73 Å². The second-order valence-electron chi connectivity index (χ2n) is 5.08. The molecule has 0 aromatic rings. The molecule has 1 N–H and O–H groups in total. The molecule has 0 aromatic heterocycles. The van der Waals surface area contributed by atoms with Crippen LogP contribution in [0, 0.1) is 0 Å². The molecular weight excluding hydrogens is 220 g/mol. The molecule has 0 rings (SSSR count). The van der Waals surface area contributed by atoms with Crippen molar-refractivity contribution >= 4 is 6.03 Å². The van der Waals surface area contributed by atoms with Gasteiger partial charge in [0, 0.05) is 26.8 Å². The molecule has 0 saturated heterocycles. The van der Waals surface area contributed by atoms with Crippen molar-refractivity contribution in [1.82, 2.24) is 10.2 Å². The quantitative estimate of drug-likeness (QED) is 0.697. The van der Waals surface area contributed by atoms with Gasteiger partial charge in [-0.2, -0.15) is 0 Å². The maximum Gasteiger partial charge on any atom is 0.319 e. The lowest BCUT2D eigenvalue weighted by Crippen LogP contribution is -2.43. The third kappa shape index (κ3) is 7.99. The van der Waals surface area contributed by atoms with Crippen LogP contribution in [-0.4, -0.2) is 50.1 Å². The van der Waals surface area contributed by atoms with E-state index < -0.39 is 0 Å². The van der Waals surface area contributed by atoms with Gasteiger partial charge in [-0.25, -0.2) is 4.79 Å². The number of amides is 2. The molecule has 0 spiro atoms. The Bertz CT molecular complexity index is 230. The van der Waals surface area contributed by atoms with E-state index in [1.807, 2.05) is 27.7 Å². The predicted molar refractivity (Wildman–Crippen MR) is 68.0 cm³/mol. The number of nitrogens with zero attached hydrogens (tertiary/aromatic N) is 1. The van der Waals surface area contributed by atoms with E-state index in [4.69, 9.17) is 9.47 Å². The number of methoxy groups -OCH3 is 1. The summed E-state index contributed by atoms with van der Waals surface area (Å²) < 4.78 is 10.7. The van der Waals surface area contributed by atoms with Crippen LogP contribution in [0.1, 0.15) is 34.1 Å².